The van der Waals surface area contributed by atoms with Crippen molar-refractivity contribution in [1.29, 1.82) is 0 Å². The van der Waals surface area contributed by atoms with Crippen molar-refractivity contribution in [2.24, 2.45) is 0 Å². The van der Waals surface area contributed by atoms with E-state index in [-0.39, 0.29) is 5.78 Å². The van der Waals surface area contributed by atoms with E-state index in [4.69, 9.17) is 0 Å². The Morgan fingerprint density at radius 3 is 2.69 bits per heavy atom. The lowest BCUT2D eigenvalue weighted by Gasteiger charge is -2.08. The molecular formula is C9H12BrNOS. The Labute approximate surface area is 90.5 Å². The second-order valence-electron chi connectivity index (χ2n) is 3.15. The first-order chi connectivity index (χ1) is 6.00. The summed E-state index contributed by atoms with van der Waals surface area (Å²) >= 11 is 4.84. The van der Waals surface area contributed by atoms with Crippen LogP contribution in [-0.4, -0.2) is 11.8 Å². The van der Waals surface area contributed by atoms with Crippen molar-refractivity contribution < 1.29 is 4.79 Å². The van der Waals surface area contributed by atoms with E-state index in [1.165, 1.54) is 11.3 Å². The highest BCUT2D eigenvalue weighted by Gasteiger charge is 2.11. The van der Waals surface area contributed by atoms with Gasteiger partial charge in [-0.25, -0.2) is 0 Å². The molecule has 13 heavy (non-hydrogen) atoms. The van der Waals surface area contributed by atoms with Crippen LogP contribution >= 0.6 is 27.3 Å². The summed E-state index contributed by atoms with van der Waals surface area (Å²) in [6.45, 7) is 5.69. The van der Waals surface area contributed by atoms with Crippen LogP contribution in [0.15, 0.2) is 9.85 Å². The first-order valence-electron chi connectivity index (χ1n) is 4.07. The number of halogens is 1. The fraction of sp³-hybridized carbons (Fsp3) is 0.444. The fourth-order valence-electron chi connectivity index (χ4n) is 1.04. The van der Waals surface area contributed by atoms with E-state index in [1.54, 1.807) is 6.92 Å². The number of hydrogen-bond acceptors (Lipinski definition) is 3. The molecule has 0 radical (unpaired) electrons. The van der Waals surface area contributed by atoms with Gasteiger partial charge in [-0.05, 0) is 35.8 Å². The van der Waals surface area contributed by atoms with Crippen LogP contribution < -0.4 is 5.32 Å². The van der Waals surface area contributed by atoms with E-state index in [9.17, 15) is 4.79 Å². The highest BCUT2D eigenvalue weighted by molar-refractivity contribution is 9.11. The number of anilines is 1. The Balaban J connectivity index is 2.97. The van der Waals surface area contributed by atoms with Crippen molar-refractivity contribution in [2.75, 3.05) is 5.32 Å². The second kappa shape index (κ2) is 4.24. The van der Waals surface area contributed by atoms with Crippen molar-refractivity contribution >= 4 is 38.7 Å². The lowest BCUT2D eigenvalue weighted by molar-refractivity contribution is 0.102. The number of thiophene rings is 1. The molecule has 0 saturated carbocycles. The molecule has 1 N–H and O–H groups in total. The van der Waals surface area contributed by atoms with Gasteiger partial charge in [0, 0.05) is 13.0 Å². The fourth-order valence-corrected chi connectivity index (χ4v) is 2.50. The van der Waals surface area contributed by atoms with E-state index >= 15 is 0 Å². The first-order valence-corrected chi connectivity index (χ1v) is 5.68. The summed E-state index contributed by atoms with van der Waals surface area (Å²) in [5.41, 5.74) is 0.930. The Morgan fingerprint density at radius 2 is 2.23 bits per heavy atom. The minimum Gasteiger partial charge on any atom is -0.382 e. The van der Waals surface area contributed by atoms with Crippen LogP contribution in [-0.2, 0) is 0 Å². The molecular weight excluding hydrogens is 250 g/mol. The summed E-state index contributed by atoms with van der Waals surface area (Å²) in [5, 5.41) is 3.24. The van der Waals surface area contributed by atoms with Gasteiger partial charge in [-0.15, -0.1) is 11.3 Å². The van der Waals surface area contributed by atoms with E-state index in [0.29, 0.717) is 6.04 Å². The third kappa shape index (κ3) is 2.81. The van der Waals surface area contributed by atoms with Gasteiger partial charge in [0.15, 0.2) is 5.78 Å². The number of Topliss-reactive ketones (excluding diaryl/α,β-unsaturated/α-hetero) is 1. The molecule has 4 heteroatoms. The maximum atomic E-state index is 11.2. The van der Waals surface area contributed by atoms with Gasteiger partial charge in [-0.2, -0.15) is 0 Å². The third-order valence-electron chi connectivity index (χ3n) is 1.47. The molecule has 0 aliphatic carbocycles. The molecule has 0 atom stereocenters. The topological polar surface area (TPSA) is 29.1 Å². The summed E-state index contributed by atoms with van der Waals surface area (Å²) in [5.74, 6) is 0.110. The zero-order chi connectivity index (χ0) is 10.0. The summed E-state index contributed by atoms with van der Waals surface area (Å²) in [4.78, 5) is 12.0. The molecule has 1 aromatic heterocycles. The van der Waals surface area contributed by atoms with Gasteiger partial charge < -0.3 is 5.32 Å². The van der Waals surface area contributed by atoms with E-state index in [2.05, 4.69) is 35.1 Å². The van der Waals surface area contributed by atoms with Crippen LogP contribution in [0.1, 0.15) is 30.4 Å². The highest BCUT2D eigenvalue weighted by atomic mass is 79.9. The average Bonchev–Trinajstić information content (AvgIpc) is 2.29. The number of hydrogen-bond donors (Lipinski definition) is 1. The molecule has 0 aliphatic heterocycles. The zero-order valence-corrected chi connectivity index (χ0v) is 10.3. The largest absolute Gasteiger partial charge is 0.382 e. The molecule has 0 aliphatic rings. The Morgan fingerprint density at radius 1 is 1.62 bits per heavy atom. The van der Waals surface area contributed by atoms with Gasteiger partial charge in [0.05, 0.1) is 14.4 Å². The molecule has 0 spiro atoms. The molecule has 72 valence electrons. The van der Waals surface area contributed by atoms with Crippen molar-refractivity contribution in [3.63, 3.8) is 0 Å². The lowest BCUT2D eigenvalue weighted by atomic mass is 10.3. The van der Waals surface area contributed by atoms with E-state index < -0.39 is 0 Å². The van der Waals surface area contributed by atoms with Gasteiger partial charge in [0.25, 0.3) is 0 Å². The monoisotopic (exact) mass is 261 g/mol. The summed E-state index contributed by atoms with van der Waals surface area (Å²) in [6, 6.07) is 2.29. The molecule has 0 unspecified atom stereocenters. The first kappa shape index (κ1) is 10.7. The van der Waals surface area contributed by atoms with Crippen LogP contribution in [0.2, 0.25) is 0 Å². The second-order valence-corrected chi connectivity index (χ2v) is 5.58. The van der Waals surface area contributed by atoms with Gasteiger partial charge in [-0.1, -0.05) is 0 Å². The molecule has 1 heterocycles. The summed E-state index contributed by atoms with van der Waals surface area (Å²) in [6.07, 6.45) is 0. The van der Waals surface area contributed by atoms with Crippen molar-refractivity contribution in [2.45, 2.75) is 26.8 Å². The molecule has 0 saturated heterocycles. The smallest absolute Gasteiger partial charge is 0.171 e. The van der Waals surface area contributed by atoms with Gasteiger partial charge in [0.2, 0.25) is 0 Å². The quantitative estimate of drug-likeness (QED) is 0.844. The van der Waals surface area contributed by atoms with Crippen LogP contribution in [0.25, 0.3) is 0 Å². The highest BCUT2D eigenvalue weighted by Crippen LogP contribution is 2.31. The number of ketones is 1. The number of carbonyl (C=O) groups excluding carboxylic acids is 1. The van der Waals surface area contributed by atoms with Crippen LogP contribution in [0, 0.1) is 0 Å². The van der Waals surface area contributed by atoms with Crippen LogP contribution in [0.4, 0.5) is 5.69 Å². The Bertz CT molecular complexity index is 319. The van der Waals surface area contributed by atoms with Crippen molar-refractivity contribution in [1.82, 2.24) is 0 Å². The maximum Gasteiger partial charge on any atom is 0.171 e. The molecule has 0 amide bonds. The van der Waals surface area contributed by atoms with Crippen molar-refractivity contribution in [3.8, 4) is 0 Å². The van der Waals surface area contributed by atoms with Gasteiger partial charge in [-0.3, -0.25) is 4.79 Å². The molecule has 1 aromatic rings. The number of rotatable bonds is 3. The number of nitrogens with one attached hydrogen (secondary N) is 1. The number of carbonyl (C=O) groups is 1. The molecule has 0 bridgehead atoms. The minimum atomic E-state index is 0.110. The summed E-state index contributed by atoms with van der Waals surface area (Å²) < 4.78 is 0.987. The maximum absolute atomic E-state index is 11.2. The molecule has 1 rings (SSSR count). The third-order valence-corrected chi connectivity index (χ3v) is 3.20. The van der Waals surface area contributed by atoms with Crippen molar-refractivity contribution in [3.05, 3.63) is 14.7 Å². The van der Waals surface area contributed by atoms with E-state index in [1.807, 2.05) is 6.07 Å². The zero-order valence-electron chi connectivity index (χ0n) is 7.85. The minimum absolute atomic E-state index is 0.110. The molecule has 0 aromatic carbocycles. The normalized spacial score (nSPS) is 10.5. The standard InChI is InChI=1S/C9H12BrNOS/c1-5(2)11-7-4-8(10)13-9(7)6(3)12/h4-5,11H,1-3H3. The molecule has 2 nitrogen and oxygen atoms in total. The van der Waals surface area contributed by atoms with Gasteiger partial charge in [0.1, 0.15) is 0 Å². The lowest BCUT2D eigenvalue weighted by Crippen LogP contribution is -2.10. The van der Waals surface area contributed by atoms with Crippen LogP contribution in [0.3, 0.4) is 0 Å². The van der Waals surface area contributed by atoms with Crippen LogP contribution in [0.5, 0.6) is 0 Å². The molecule has 0 fully saturated rings. The predicted octanol–water partition coefficient (Wildman–Crippen LogP) is 3.53. The average molecular weight is 262 g/mol. The predicted molar refractivity (Wildman–Crippen MR) is 60.8 cm³/mol. The van der Waals surface area contributed by atoms with Gasteiger partial charge >= 0.3 is 0 Å². The Hall–Kier alpha value is -0.350. The van der Waals surface area contributed by atoms with E-state index in [0.717, 1.165) is 14.4 Å². The summed E-state index contributed by atoms with van der Waals surface area (Å²) in [7, 11) is 0. The SMILES string of the molecule is CC(=O)c1sc(Br)cc1NC(C)C. The Kier molecular flexibility index (Phi) is 3.50.